The summed E-state index contributed by atoms with van der Waals surface area (Å²) in [4.78, 5) is 0. The summed E-state index contributed by atoms with van der Waals surface area (Å²) in [5.41, 5.74) is 2.48. The molecule has 5 atom stereocenters. The number of aromatic hydroxyl groups is 1. The largest absolute Gasteiger partial charge is 0.508 e. The van der Waals surface area contributed by atoms with Crippen molar-refractivity contribution in [2.45, 2.75) is 57.5 Å². The fraction of sp³-hybridized carbons (Fsp3) is 0.667. The third kappa shape index (κ3) is 1.60. The number of hydrogen-bond donors (Lipinski definition) is 2. The quantitative estimate of drug-likeness (QED) is 0.758. The van der Waals surface area contributed by atoms with Gasteiger partial charge in [-0.25, -0.2) is 0 Å². The van der Waals surface area contributed by atoms with Crippen LogP contribution in [0, 0.1) is 17.3 Å². The minimum absolute atomic E-state index is 0.110. The summed E-state index contributed by atoms with van der Waals surface area (Å²) in [6.45, 7) is 2.29. The number of phenols is 1. The number of benzene rings is 1. The van der Waals surface area contributed by atoms with Gasteiger partial charge in [0.2, 0.25) is 0 Å². The van der Waals surface area contributed by atoms with E-state index in [1.165, 1.54) is 5.56 Å². The lowest BCUT2D eigenvalue weighted by Gasteiger charge is -2.50. The van der Waals surface area contributed by atoms with Gasteiger partial charge in [-0.2, -0.15) is 0 Å². The average molecular weight is 273 g/mol. The first-order valence-corrected chi connectivity index (χ1v) is 8.02. The molecule has 0 aliphatic heterocycles. The van der Waals surface area contributed by atoms with E-state index in [-0.39, 0.29) is 17.3 Å². The predicted molar refractivity (Wildman–Crippen MR) is 78.7 cm³/mol. The lowest BCUT2D eigenvalue weighted by molar-refractivity contribution is -0.0226. The highest BCUT2D eigenvalue weighted by Crippen LogP contribution is 2.60. The molecule has 108 valence electrons. The van der Waals surface area contributed by atoms with Crippen molar-refractivity contribution in [2.24, 2.45) is 17.3 Å². The van der Waals surface area contributed by atoms with Gasteiger partial charge in [-0.05, 0) is 84.9 Å². The zero-order chi connectivity index (χ0) is 14.8. The molecular weight excluding hydrogens is 248 g/mol. The predicted octanol–water partition coefficient (Wildman–Crippen LogP) is 3.61. The van der Waals surface area contributed by atoms with Crippen LogP contribution in [0.5, 0.6) is 5.75 Å². The van der Waals surface area contributed by atoms with Gasteiger partial charge in [0.25, 0.3) is 0 Å². The van der Waals surface area contributed by atoms with Crippen LogP contribution in [0.25, 0.3) is 0 Å². The zero-order valence-corrected chi connectivity index (χ0v) is 12.1. The normalized spacial score (nSPS) is 43.4. The second kappa shape index (κ2) is 4.24. The van der Waals surface area contributed by atoms with Gasteiger partial charge in [0.1, 0.15) is 5.75 Å². The fourth-order valence-electron chi connectivity index (χ4n) is 5.45. The lowest BCUT2D eigenvalue weighted by Crippen LogP contribution is -2.43. The maximum Gasteiger partial charge on any atom is 0.115 e. The molecule has 0 aromatic heterocycles. The molecule has 0 radical (unpaired) electrons. The molecule has 0 unspecified atom stereocenters. The maximum atomic E-state index is 10.4. The topological polar surface area (TPSA) is 40.5 Å². The van der Waals surface area contributed by atoms with Gasteiger partial charge in [-0.15, -0.1) is 0 Å². The van der Waals surface area contributed by atoms with Crippen molar-refractivity contribution in [3.8, 4) is 5.75 Å². The van der Waals surface area contributed by atoms with Crippen molar-refractivity contribution in [3.05, 3.63) is 29.3 Å². The Labute approximate surface area is 122 Å². The van der Waals surface area contributed by atoms with Gasteiger partial charge in [0.15, 0.2) is 0 Å². The molecule has 2 nitrogen and oxygen atoms in total. The van der Waals surface area contributed by atoms with Crippen LogP contribution in [0.15, 0.2) is 18.2 Å². The number of aliphatic hydroxyl groups is 1. The fourth-order valence-corrected chi connectivity index (χ4v) is 5.45. The summed E-state index contributed by atoms with van der Waals surface area (Å²) in [6, 6.07) is 4.08. The molecule has 0 bridgehead atoms. The maximum absolute atomic E-state index is 10.4. The van der Waals surface area contributed by atoms with E-state index < -0.39 is 0 Å². The molecule has 3 aliphatic rings. The molecule has 2 N–H and O–H groups in total. The van der Waals surface area contributed by atoms with Gasteiger partial charge in [-0.1, -0.05) is 13.0 Å². The number of aliphatic hydroxyl groups excluding tert-OH is 1. The summed E-state index contributed by atoms with van der Waals surface area (Å²) in [7, 11) is 0. The van der Waals surface area contributed by atoms with E-state index in [0.29, 0.717) is 23.8 Å². The van der Waals surface area contributed by atoms with Crippen LogP contribution in [0.4, 0.5) is 0 Å². The van der Waals surface area contributed by atoms with Crippen LogP contribution in [0.2, 0.25) is 0 Å². The molecule has 1 aromatic rings. The van der Waals surface area contributed by atoms with E-state index in [1.807, 2.05) is 6.07 Å². The van der Waals surface area contributed by atoms with Crippen LogP contribution in [-0.4, -0.2) is 16.3 Å². The monoisotopic (exact) mass is 273 g/mol. The molecule has 0 saturated heterocycles. The van der Waals surface area contributed by atoms with Crippen molar-refractivity contribution in [2.75, 3.05) is 0 Å². The van der Waals surface area contributed by atoms with Gasteiger partial charge in [0.05, 0.1) is 7.47 Å². The molecule has 2 fully saturated rings. The highest BCUT2D eigenvalue weighted by atomic mass is 16.3. The van der Waals surface area contributed by atoms with Crippen molar-refractivity contribution in [3.63, 3.8) is 0 Å². The molecular formula is C18H24O2. The molecule has 4 rings (SSSR count). The molecule has 3 aliphatic carbocycles. The number of phenolic OH excluding ortho intramolecular Hbond substituents is 1. The summed E-state index contributed by atoms with van der Waals surface area (Å²) in [5, 5.41) is 20.2. The molecule has 0 spiro atoms. The Morgan fingerprint density at radius 3 is 2.95 bits per heavy atom. The van der Waals surface area contributed by atoms with E-state index in [1.54, 1.807) is 6.07 Å². The van der Waals surface area contributed by atoms with Gasteiger partial charge in [-0.3, -0.25) is 0 Å². The lowest BCUT2D eigenvalue weighted by atomic mass is 9.55. The van der Waals surface area contributed by atoms with Gasteiger partial charge >= 0.3 is 0 Å². The number of fused-ring (bicyclic) bond motifs is 5. The first-order chi connectivity index (χ1) is 10.0. The molecule has 2 saturated carbocycles. The Hall–Kier alpha value is -1.02. The van der Waals surface area contributed by atoms with E-state index in [2.05, 4.69) is 6.92 Å². The highest BCUT2D eigenvalue weighted by molar-refractivity contribution is 5.40. The molecule has 1 aromatic carbocycles. The Kier molecular flexibility index (Phi) is 2.46. The van der Waals surface area contributed by atoms with E-state index in [0.717, 1.165) is 44.1 Å². The Morgan fingerprint density at radius 1 is 1.25 bits per heavy atom. The zero-order valence-electron chi connectivity index (χ0n) is 13.1. The third-order valence-electron chi connectivity index (χ3n) is 6.56. The minimum atomic E-state index is -0.128. The third-order valence-corrected chi connectivity index (χ3v) is 6.56. The first-order valence-electron chi connectivity index (χ1n) is 8.52. The SMILES string of the molecule is [2H]c1c(O)ccc2c1CC[C@@H]1[C@@H]2CC[C@]2(C)[C@@H](O)CC[C@@H]12. The highest BCUT2D eigenvalue weighted by Gasteiger charge is 2.54. The van der Waals surface area contributed by atoms with Crippen LogP contribution < -0.4 is 0 Å². The van der Waals surface area contributed by atoms with E-state index >= 15 is 0 Å². The second-order valence-corrected chi connectivity index (χ2v) is 7.33. The van der Waals surface area contributed by atoms with Crippen LogP contribution in [0.1, 0.15) is 57.4 Å². The summed E-state index contributed by atoms with van der Waals surface area (Å²) >= 11 is 0. The molecule has 0 heterocycles. The van der Waals surface area contributed by atoms with Gasteiger partial charge in [0, 0.05) is 0 Å². The van der Waals surface area contributed by atoms with E-state index in [4.69, 9.17) is 1.37 Å². The summed E-state index contributed by atoms with van der Waals surface area (Å²) in [5.74, 6) is 1.92. The van der Waals surface area contributed by atoms with Crippen LogP contribution in [-0.2, 0) is 6.42 Å². The smallest absolute Gasteiger partial charge is 0.115 e. The minimum Gasteiger partial charge on any atom is -0.508 e. The molecule has 2 heteroatoms. The molecule has 20 heavy (non-hydrogen) atoms. The Morgan fingerprint density at radius 2 is 2.10 bits per heavy atom. The Balaban J connectivity index is 1.74. The summed E-state index contributed by atoms with van der Waals surface area (Å²) < 4.78 is 8.11. The van der Waals surface area contributed by atoms with Crippen molar-refractivity contribution in [1.29, 1.82) is 0 Å². The Bertz CT molecular complexity index is 585. The van der Waals surface area contributed by atoms with Crippen molar-refractivity contribution >= 4 is 0 Å². The van der Waals surface area contributed by atoms with Crippen LogP contribution >= 0.6 is 0 Å². The molecule has 0 amide bonds. The number of rotatable bonds is 0. The average Bonchev–Trinajstić information content (AvgIpc) is 2.78. The van der Waals surface area contributed by atoms with Crippen molar-refractivity contribution in [1.82, 2.24) is 0 Å². The van der Waals surface area contributed by atoms with Crippen molar-refractivity contribution < 1.29 is 11.6 Å². The first kappa shape index (κ1) is 11.6. The summed E-state index contributed by atoms with van der Waals surface area (Å²) in [6.07, 6.45) is 6.21. The van der Waals surface area contributed by atoms with Gasteiger partial charge < -0.3 is 10.2 Å². The van der Waals surface area contributed by atoms with Crippen LogP contribution in [0.3, 0.4) is 0 Å². The standard InChI is InChI=1S/C18H24O2/c1-18-9-8-14-13-5-3-12(19)10-11(13)2-4-15(14)16(18)6-7-17(18)20/h3,5,10,14-17,19-20H,2,4,6-9H2,1H3/t14-,15-,16+,17+,18+/m1/s1/i10D. The second-order valence-electron chi connectivity index (χ2n) is 7.33. The number of hydrogen-bond acceptors (Lipinski definition) is 2. The van der Waals surface area contributed by atoms with E-state index in [9.17, 15) is 10.2 Å².